The Bertz CT molecular complexity index is 1140. The van der Waals surface area contributed by atoms with Gasteiger partial charge in [-0.3, -0.25) is 4.98 Å². The van der Waals surface area contributed by atoms with Crippen LogP contribution in [0.5, 0.6) is 0 Å². The zero-order valence-electron chi connectivity index (χ0n) is 15.5. The van der Waals surface area contributed by atoms with Crippen molar-refractivity contribution in [1.29, 1.82) is 0 Å². The molecule has 29 heavy (non-hydrogen) atoms. The minimum Gasteiger partial charge on any atom is -0.420 e. The van der Waals surface area contributed by atoms with Crippen LogP contribution in [0.3, 0.4) is 0 Å². The molecule has 150 valence electrons. The molecule has 0 bridgehead atoms. The van der Waals surface area contributed by atoms with Gasteiger partial charge in [-0.2, -0.15) is 4.31 Å². The summed E-state index contributed by atoms with van der Waals surface area (Å²) in [5.74, 6) is 0.624. The fourth-order valence-electron chi connectivity index (χ4n) is 4.18. The molecule has 5 rings (SSSR count). The van der Waals surface area contributed by atoms with Gasteiger partial charge in [0.15, 0.2) is 0 Å². The monoisotopic (exact) mass is 414 g/mol. The maximum absolute atomic E-state index is 13.4. The third-order valence-corrected chi connectivity index (χ3v) is 7.87. The van der Waals surface area contributed by atoms with E-state index in [2.05, 4.69) is 15.2 Å². The Morgan fingerprint density at radius 2 is 1.97 bits per heavy atom. The van der Waals surface area contributed by atoms with E-state index in [0.717, 1.165) is 19.3 Å². The van der Waals surface area contributed by atoms with Crippen LogP contribution in [0.1, 0.15) is 31.1 Å². The van der Waals surface area contributed by atoms with E-state index in [0.29, 0.717) is 30.4 Å². The molecular weight excluding hydrogens is 395 g/mol. The number of sulfonamides is 1. The minimum absolute atomic E-state index is 0.00665. The molecule has 0 radical (unpaired) electrons. The molecule has 3 aromatic rings. The van der Waals surface area contributed by atoms with Gasteiger partial charge in [-0.15, -0.1) is 10.2 Å². The van der Waals surface area contributed by atoms with E-state index in [9.17, 15) is 12.8 Å². The van der Waals surface area contributed by atoms with Crippen molar-refractivity contribution < 1.29 is 17.2 Å². The van der Waals surface area contributed by atoms with E-state index in [1.54, 1.807) is 30.5 Å². The lowest BCUT2D eigenvalue weighted by Gasteiger charge is -2.31. The normalized spacial score (nSPS) is 21.3. The summed E-state index contributed by atoms with van der Waals surface area (Å²) in [6.07, 6.45) is 5.33. The van der Waals surface area contributed by atoms with E-state index < -0.39 is 10.0 Å². The van der Waals surface area contributed by atoms with Crippen LogP contribution in [0.4, 0.5) is 4.39 Å². The van der Waals surface area contributed by atoms with Gasteiger partial charge in [-0.25, -0.2) is 12.8 Å². The molecule has 7 nitrogen and oxygen atoms in total. The summed E-state index contributed by atoms with van der Waals surface area (Å²) in [6.45, 7) is 0.914. The van der Waals surface area contributed by atoms with Gasteiger partial charge in [-0.05, 0) is 55.0 Å². The van der Waals surface area contributed by atoms with Crippen molar-refractivity contribution in [3.05, 3.63) is 60.5 Å². The second-order valence-electron chi connectivity index (χ2n) is 7.67. The van der Waals surface area contributed by atoms with E-state index in [-0.39, 0.29) is 22.0 Å². The summed E-state index contributed by atoms with van der Waals surface area (Å²) in [4.78, 5) is 4.14. The lowest BCUT2D eigenvalue weighted by atomic mass is 9.92. The number of halogens is 1. The highest BCUT2D eigenvalue weighted by Gasteiger charge is 2.58. The molecule has 0 N–H and O–H groups in total. The van der Waals surface area contributed by atoms with Gasteiger partial charge in [0.1, 0.15) is 10.7 Å². The first kappa shape index (κ1) is 18.4. The first-order valence-electron chi connectivity index (χ1n) is 9.47. The second kappa shape index (κ2) is 6.70. The van der Waals surface area contributed by atoms with E-state index in [1.807, 2.05) is 0 Å². The number of hydrogen-bond donors (Lipinski definition) is 0. The maximum Gasteiger partial charge on any atom is 0.247 e. The summed E-state index contributed by atoms with van der Waals surface area (Å²) in [5, 5.41) is 8.23. The zero-order chi connectivity index (χ0) is 20.1. The molecule has 2 fully saturated rings. The number of aromatic nitrogens is 3. The van der Waals surface area contributed by atoms with Gasteiger partial charge in [0.2, 0.25) is 21.8 Å². The number of hydrogen-bond acceptors (Lipinski definition) is 6. The lowest BCUT2D eigenvalue weighted by Crippen LogP contribution is -2.39. The van der Waals surface area contributed by atoms with Crippen LogP contribution in [0.25, 0.3) is 11.5 Å². The van der Waals surface area contributed by atoms with Crippen molar-refractivity contribution in [3.63, 3.8) is 0 Å². The van der Waals surface area contributed by atoms with Crippen molar-refractivity contribution in [3.8, 4) is 11.5 Å². The first-order valence-corrected chi connectivity index (χ1v) is 10.9. The smallest absolute Gasteiger partial charge is 0.247 e. The third-order valence-electron chi connectivity index (χ3n) is 5.99. The van der Waals surface area contributed by atoms with Crippen molar-refractivity contribution in [2.24, 2.45) is 5.41 Å². The van der Waals surface area contributed by atoms with Gasteiger partial charge in [0, 0.05) is 37.0 Å². The molecule has 1 atom stereocenters. The Hall–Kier alpha value is -2.65. The van der Waals surface area contributed by atoms with Crippen LogP contribution in [0, 0.1) is 11.2 Å². The van der Waals surface area contributed by atoms with Crippen molar-refractivity contribution in [1.82, 2.24) is 19.5 Å². The number of nitrogens with zero attached hydrogens (tertiary/aromatic N) is 4. The SMILES string of the molecule is O=S(=O)(c1cccnc1)N1CCC2(CC1)C[C@H]2c1nnc(-c2cccc(F)c2)o1. The first-order chi connectivity index (χ1) is 14.0. The molecule has 0 amide bonds. The summed E-state index contributed by atoms with van der Waals surface area (Å²) >= 11 is 0. The predicted molar refractivity (Wildman–Crippen MR) is 102 cm³/mol. The molecule has 1 aromatic carbocycles. The van der Waals surface area contributed by atoms with Crippen molar-refractivity contribution in [2.45, 2.75) is 30.1 Å². The van der Waals surface area contributed by atoms with Gasteiger partial charge in [-0.1, -0.05) is 6.07 Å². The Labute approximate surface area is 167 Å². The lowest BCUT2D eigenvalue weighted by molar-refractivity contribution is 0.246. The maximum atomic E-state index is 13.4. The molecule has 1 saturated carbocycles. The van der Waals surface area contributed by atoms with Gasteiger partial charge < -0.3 is 4.42 Å². The Morgan fingerprint density at radius 1 is 1.14 bits per heavy atom. The van der Waals surface area contributed by atoms with E-state index in [4.69, 9.17) is 4.42 Å². The van der Waals surface area contributed by atoms with Crippen LogP contribution < -0.4 is 0 Å². The van der Waals surface area contributed by atoms with Gasteiger partial charge in [0.05, 0.1) is 0 Å². The Kier molecular flexibility index (Phi) is 4.25. The number of rotatable bonds is 4. The predicted octanol–water partition coefficient (Wildman–Crippen LogP) is 3.23. The molecule has 9 heteroatoms. The van der Waals surface area contributed by atoms with E-state index in [1.165, 1.54) is 22.6 Å². The standard InChI is InChI=1S/C20H19FN4O3S/c21-15-4-1-3-14(11-15)18-23-24-19(28-18)17-12-20(17)6-9-25(10-7-20)29(26,27)16-5-2-8-22-13-16/h1-5,8,11,13,17H,6-7,9-10,12H2/t17-/m0/s1. The van der Waals surface area contributed by atoms with Crippen LogP contribution >= 0.6 is 0 Å². The molecule has 1 aliphatic heterocycles. The van der Waals surface area contributed by atoms with Crippen LogP contribution in [0.15, 0.2) is 58.1 Å². The third kappa shape index (κ3) is 3.24. The second-order valence-corrected chi connectivity index (χ2v) is 9.61. The molecule has 1 aliphatic carbocycles. The highest BCUT2D eigenvalue weighted by atomic mass is 32.2. The Morgan fingerprint density at radius 3 is 2.69 bits per heavy atom. The topological polar surface area (TPSA) is 89.2 Å². The van der Waals surface area contributed by atoms with Crippen LogP contribution in [0.2, 0.25) is 0 Å². The minimum atomic E-state index is -3.52. The number of piperidine rings is 1. The summed E-state index contributed by atoms with van der Waals surface area (Å²) < 4.78 is 46.3. The fourth-order valence-corrected chi connectivity index (χ4v) is 5.59. The summed E-state index contributed by atoms with van der Waals surface area (Å²) in [5.41, 5.74) is 0.558. The average molecular weight is 414 g/mol. The molecule has 1 saturated heterocycles. The van der Waals surface area contributed by atoms with Crippen LogP contribution in [-0.4, -0.2) is 41.0 Å². The Balaban J connectivity index is 1.28. The molecule has 1 spiro atoms. The summed E-state index contributed by atoms with van der Waals surface area (Å²) in [6, 6.07) is 9.25. The molecule has 0 unspecified atom stereocenters. The average Bonchev–Trinajstić information content (AvgIpc) is 3.20. The van der Waals surface area contributed by atoms with Crippen molar-refractivity contribution >= 4 is 10.0 Å². The molecule has 3 heterocycles. The fraction of sp³-hybridized carbons (Fsp3) is 0.350. The largest absolute Gasteiger partial charge is 0.420 e. The highest BCUT2D eigenvalue weighted by molar-refractivity contribution is 7.89. The number of benzene rings is 1. The van der Waals surface area contributed by atoms with E-state index >= 15 is 0 Å². The van der Waals surface area contributed by atoms with Gasteiger partial charge in [0.25, 0.3) is 0 Å². The van der Waals surface area contributed by atoms with Crippen LogP contribution in [-0.2, 0) is 10.0 Å². The quantitative estimate of drug-likeness (QED) is 0.651. The van der Waals surface area contributed by atoms with Gasteiger partial charge >= 0.3 is 0 Å². The van der Waals surface area contributed by atoms with Crippen molar-refractivity contribution in [2.75, 3.05) is 13.1 Å². The molecular formula is C20H19FN4O3S. The molecule has 2 aliphatic rings. The number of pyridine rings is 1. The highest BCUT2D eigenvalue weighted by Crippen LogP contribution is 2.64. The molecule has 2 aromatic heterocycles. The zero-order valence-corrected chi connectivity index (χ0v) is 16.3. The summed E-state index contributed by atoms with van der Waals surface area (Å²) in [7, 11) is -3.52.